The van der Waals surface area contributed by atoms with E-state index in [0.717, 1.165) is 19.4 Å². The number of carbonyl (C=O) groups is 4. The largest absolute Gasteiger partial charge is 0.480 e. The molecule has 0 bridgehead atoms. The van der Waals surface area contributed by atoms with Crippen molar-refractivity contribution in [3.05, 3.63) is 0 Å². The van der Waals surface area contributed by atoms with Crippen molar-refractivity contribution in [2.75, 3.05) is 12.3 Å². The van der Waals surface area contributed by atoms with Crippen molar-refractivity contribution in [2.45, 2.75) is 50.9 Å². The first-order valence-corrected chi connectivity index (χ1v) is 8.37. The van der Waals surface area contributed by atoms with Gasteiger partial charge in [-0.1, -0.05) is 0 Å². The normalized spacial score (nSPS) is 20.5. The Morgan fingerprint density at radius 1 is 1.12 bits per heavy atom. The summed E-state index contributed by atoms with van der Waals surface area (Å²) in [7, 11) is 0. The predicted molar refractivity (Wildman–Crippen MR) is 89.7 cm³/mol. The minimum atomic E-state index is -1.21. The molecule has 4 unspecified atom stereocenters. The lowest BCUT2D eigenvalue weighted by atomic mass is 10.2. The van der Waals surface area contributed by atoms with Gasteiger partial charge in [0, 0.05) is 5.75 Å². The minimum Gasteiger partial charge on any atom is -0.480 e. The van der Waals surface area contributed by atoms with Gasteiger partial charge in [-0.05, 0) is 33.2 Å². The molecular weight excluding hydrogens is 336 g/mol. The van der Waals surface area contributed by atoms with Crippen molar-refractivity contribution in [1.82, 2.24) is 21.3 Å². The van der Waals surface area contributed by atoms with Crippen molar-refractivity contribution in [2.24, 2.45) is 0 Å². The van der Waals surface area contributed by atoms with Crippen LogP contribution in [0.25, 0.3) is 0 Å². The van der Waals surface area contributed by atoms with Crippen molar-refractivity contribution < 1.29 is 24.3 Å². The molecule has 9 nitrogen and oxygen atoms in total. The monoisotopic (exact) mass is 360 g/mol. The zero-order valence-corrected chi connectivity index (χ0v) is 14.6. The second kappa shape index (κ2) is 9.48. The van der Waals surface area contributed by atoms with Crippen LogP contribution in [0.3, 0.4) is 0 Å². The molecule has 4 atom stereocenters. The summed E-state index contributed by atoms with van der Waals surface area (Å²) in [5, 5.41) is 19.2. The maximum absolute atomic E-state index is 12.0. The van der Waals surface area contributed by atoms with E-state index in [0.29, 0.717) is 0 Å². The topological polar surface area (TPSA) is 137 Å². The van der Waals surface area contributed by atoms with E-state index in [9.17, 15) is 19.2 Å². The van der Waals surface area contributed by atoms with Crippen molar-refractivity contribution in [3.8, 4) is 0 Å². The molecule has 1 saturated heterocycles. The molecule has 136 valence electrons. The number of amides is 3. The fourth-order valence-electron chi connectivity index (χ4n) is 2.17. The molecule has 0 radical (unpaired) electrons. The molecule has 1 aliphatic heterocycles. The first kappa shape index (κ1) is 20.2. The van der Waals surface area contributed by atoms with Crippen molar-refractivity contribution in [1.29, 1.82) is 0 Å². The predicted octanol–water partition coefficient (Wildman–Crippen LogP) is -1.75. The van der Waals surface area contributed by atoms with Gasteiger partial charge in [0.2, 0.25) is 17.7 Å². The second-order valence-corrected chi connectivity index (χ2v) is 6.06. The molecule has 0 saturated carbocycles. The Labute approximate surface area is 145 Å². The van der Waals surface area contributed by atoms with Crippen LogP contribution >= 0.6 is 12.6 Å². The summed E-state index contributed by atoms with van der Waals surface area (Å²) in [4.78, 5) is 46.7. The summed E-state index contributed by atoms with van der Waals surface area (Å²) in [6, 6.07) is -3.18. The van der Waals surface area contributed by atoms with Gasteiger partial charge >= 0.3 is 5.97 Å². The molecule has 10 heteroatoms. The first-order chi connectivity index (χ1) is 11.3. The lowest BCUT2D eigenvalue weighted by Crippen LogP contribution is -2.55. The van der Waals surface area contributed by atoms with Crippen LogP contribution in [0.4, 0.5) is 0 Å². The number of nitrogens with one attached hydrogen (secondary N) is 4. The number of hydrogen-bond acceptors (Lipinski definition) is 6. The highest BCUT2D eigenvalue weighted by Gasteiger charge is 2.27. The van der Waals surface area contributed by atoms with Gasteiger partial charge in [0.15, 0.2) is 0 Å². The molecule has 24 heavy (non-hydrogen) atoms. The molecule has 3 amide bonds. The third-order valence-corrected chi connectivity index (χ3v) is 4.04. The van der Waals surface area contributed by atoms with E-state index >= 15 is 0 Å². The highest BCUT2D eigenvalue weighted by atomic mass is 32.1. The quantitative estimate of drug-likeness (QED) is 0.284. The van der Waals surface area contributed by atoms with E-state index in [4.69, 9.17) is 5.11 Å². The summed E-state index contributed by atoms with van der Waals surface area (Å²) in [5.41, 5.74) is 0. The van der Waals surface area contributed by atoms with Crippen LogP contribution in [-0.4, -0.2) is 65.3 Å². The summed E-state index contributed by atoms with van der Waals surface area (Å²) < 4.78 is 0. The number of aliphatic carboxylic acids is 1. The number of carboxylic acid groups (broad SMARTS) is 1. The first-order valence-electron chi connectivity index (χ1n) is 7.74. The van der Waals surface area contributed by atoms with Gasteiger partial charge in [0.1, 0.15) is 18.1 Å². The molecule has 0 aliphatic carbocycles. The van der Waals surface area contributed by atoms with Crippen LogP contribution in [-0.2, 0) is 19.2 Å². The third kappa shape index (κ3) is 6.00. The van der Waals surface area contributed by atoms with Crippen LogP contribution in [0.1, 0.15) is 26.7 Å². The number of thiol groups is 1. The van der Waals surface area contributed by atoms with Gasteiger partial charge < -0.3 is 26.4 Å². The molecule has 0 spiro atoms. The average Bonchev–Trinajstić information content (AvgIpc) is 3.06. The molecule has 0 aromatic heterocycles. The van der Waals surface area contributed by atoms with Gasteiger partial charge in [-0.2, -0.15) is 12.6 Å². The summed E-state index contributed by atoms with van der Waals surface area (Å²) >= 11 is 3.84. The molecule has 1 fully saturated rings. The SMILES string of the molecule is CC(NC(=O)C(C)NC(=O)C1CCCN1)C(=O)NC(CS)C(=O)O. The number of rotatable bonds is 8. The molecule has 1 heterocycles. The van der Waals surface area contributed by atoms with Gasteiger partial charge in [0.05, 0.1) is 6.04 Å². The number of hydrogen-bond donors (Lipinski definition) is 6. The smallest absolute Gasteiger partial charge is 0.327 e. The highest BCUT2D eigenvalue weighted by molar-refractivity contribution is 7.80. The molecule has 1 rings (SSSR count). The standard InChI is InChI=1S/C14H24N4O5S/c1-7(17-13(21)9-4-3-5-15-9)11(19)16-8(2)12(20)18-10(6-24)14(22)23/h7-10,15,24H,3-6H2,1-2H3,(H,16,19)(H,17,21)(H,18,20)(H,22,23). The zero-order chi connectivity index (χ0) is 18.3. The molecule has 1 aliphatic rings. The molecular formula is C14H24N4O5S. The van der Waals surface area contributed by atoms with Crippen LogP contribution in [0.15, 0.2) is 0 Å². The van der Waals surface area contributed by atoms with Gasteiger partial charge in [0.25, 0.3) is 0 Å². The molecule has 0 aromatic carbocycles. The lowest BCUT2D eigenvalue weighted by molar-refractivity contribution is -0.141. The van der Waals surface area contributed by atoms with E-state index < -0.39 is 35.9 Å². The Morgan fingerprint density at radius 3 is 2.21 bits per heavy atom. The van der Waals surface area contributed by atoms with E-state index in [1.54, 1.807) is 0 Å². The summed E-state index contributed by atoms with van der Waals surface area (Å²) in [5.74, 6) is -2.69. The van der Waals surface area contributed by atoms with E-state index in [-0.39, 0.29) is 17.7 Å². The van der Waals surface area contributed by atoms with E-state index in [2.05, 4.69) is 33.9 Å². The van der Waals surface area contributed by atoms with Gasteiger partial charge in [-0.3, -0.25) is 14.4 Å². The highest BCUT2D eigenvalue weighted by Crippen LogP contribution is 2.05. The Bertz CT molecular complexity index is 496. The number of carboxylic acids is 1. The zero-order valence-electron chi connectivity index (χ0n) is 13.7. The maximum atomic E-state index is 12.0. The molecule has 5 N–H and O–H groups in total. The molecule has 0 aromatic rings. The van der Waals surface area contributed by atoms with Crippen LogP contribution in [0.5, 0.6) is 0 Å². The fourth-order valence-corrected chi connectivity index (χ4v) is 2.42. The van der Waals surface area contributed by atoms with E-state index in [1.807, 2.05) is 0 Å². The second-order valence-electron chi connectivity index (χ2n) is 5.69. The lowest BCUT2D eigenvalue weighted by Gasteiger charge is -2.21. The number of carbonyl (C=O) groups excluding carboxylic acids is 3. The Balaban J connectivity index is 2.45. The van der Waals surface area contributed by atoms with E-state index in [1.165, 1.54) is 13.8 Å². The average molecular weight is 360 g/mol. The Kier molecular flexibility index (Phi) is 7.99. The van der Waals surface area contributed by atoms with Crippen LogP contribution in [0.2, 0.25) is 0 Å². The summed E-state index contributed by atoms with van der Waals surface area (Å²) in [6.07, 6.45) is 1.63. The maximum Gasteiger partial charge on any atom is 0.327 e. The van der Waals surface area contributed by atoms with Gasteiger partial charge in [-0.25, -0.2) is 4.79 Å². The van der Waals surface area contributed by atoms with Crippen molar-refractivity contribution in [3.63, 3.8) is 0 Å². The van der Waals surface area contributed by atoms with Gasteiger partial charge in [-0.15, -0.1) is 0 Å². The Hall–Kier alpha value is -1.81. The van der Waals surface area contributed by atoms with Crippen LogP contribution < -0.4 is 21.3 Å². The minimum absolute atomic E-state index is 0.0669. The van der Waals surface area contributed by atoms with Crippen LogP contribution in [0, 0.1) is 0 Å². The summed E-state index contributed by atoms with van der Waals surface area (Å²) in [6.45, 7) is 3.71. The van der Waals surface area contributed by atoms with Crippen molar-refractivity contribution >= 4 is 36.3 Å². The Morgan fingerprint density at radius 2 is 1.71 bits per heavy atom. The fraction of sp³-hybridized carbons (Fsp3) is 0.714. The third-order valence-electron chi connectivity index (χ3n) is 3.68.